The second-order valence-corrected chi connectivity index (χ2v) is 10.1. The Labute approximate surface area is 223 Å². The first-order valence-corrected chi connectivity index (χ1v) is 13.0. The number of rotatable bonds is 9. The lowest BCUT2D eigenvalue weighted by molar-refractivity contribution is 0.0705. The molecule has 196 valence electrons. The van der Waals surface area contributed by atoms with E-state index < -0.39 is 21.8 Å². The van der Waals surface area contributed by atoms with Crippen molar-refractivity contribution in [2.75, 3.05) is 18.4 Å². The van der Waals surface area contributed by atoms with Crippen LogP contribution in [0, 0.1) is 6.92 Å². The van der Waals surface area contributed by atoms with Crippen LogP contribution in [0.1, 0.15) is 33.2 Å². The van der Waals surface area contributed by atoms with E-state index in [-0.39, 0.29) is 49.0 Å². The zero-order valence-electron chi connectivity index (χ0n) is 19.9. The van der Waals surface area contributed by atoms with Gasteiger partial charge in [0, 0.05) is 28.3 Å². The molecule has 0 atom stereocenters. The van der Waals surface area contributed by atoms with Gasteiger partial charge in [0.15, 0.2) is 17.2 Å². The van der Waals surface area contributed by atoms with Gasteiger partial charge < -0.3 is 14.8 Å². The average Bonchev–Trinajstić information content (AvgIpc) is 2.84. The Morgan fingerprint density at radius 2 is 1.70 bits per heavy atom. The van der Waals surface area contributed by atoms with Crippen molar-refractivity contribution in [3.05, 3.63) is 75.3 Å². The van der Waals surface area contributed by atoms with Gasteiger partial charge in [-0.15, -0.1) is 0 Å². The molecule has 3 aromatic rings. The molecule has 0 spiro atoms. The van der Waals surface area contributed by atoms with Crippen molar-refractivity contribution in [2.45, 2.75) is 18.7 Å². The summed E-state index contributed by atoms with van der Waals surface area (Å²) in [6.45, 7) is 3.69. The molecule has 10 nitrogen and oxygen atoms in total. The fourth-order valence-corrected chi connectivity index (χ4v) is 5.26. The molecule has 3 aromatic carbocycles. The number of methoxy groups -OCH3 is 1. The minimum atomic E-state index is -4.24. The summed E-state index contributed by atoms with van der Waals surface area (Å²) in [7, 11) is -2.88. The molecule has 3 rings (SSSR count). The Morgan fingerprint density at radius 3 is 2.32 bits per heavy atom. The highest BCUT2D eigenvalue weighted by Crippen LogP contribution is 2.40. The minimum Gasteiger partial charge on any atom is -0.493 e. The summed E-state index contributed by atoms with van der Waals surface area (Å²) in [5, 5.41) is 11.8. The second-order valence-electron chi connectivity index (χ2n) is 7.56. The quantitative estimate of drug-likeness (QED) is 0.215. The molecule has 0 unspecified atom stereocenters. The molecule has 2 amide bonds. The van der Waals surface area contributed by atoms with E-state index in [1.54, 1.807) is 19.3 Å². The molecule has 13 heteroatoms. The molecule has 0 aliphatic rings. The third-order valence-corrected chi connectivity index (χ3v) is 7.23. The van der Waals surface area contributed by atoms with Gasteiger partial charge in [-0.1, -0.05) is 23.2 Å². The van der Waals surface area contributed by atoms with Crippen molar-refractivity contribution in [3.8, 4) is 17.2 Å². The number of nitrogens with one attached hydrogen (secondary N) is 3. The Bertz CT molecular complexity index is 1460. The minimum absolute atomic E-state index is 0.0266. The zero-order chi connectivity index (χ0) is 27.3. The van der Waals surface area contributed by atoms with Crippen molar-refractivity contribution in [3.63, 3.8) is 0 Å². The van der Waals surface area contributed by atoms with Gasteiger partial charge in [0.2, 0.25) is 0 Å². The molecule has 37 heavy (non-hydrogen) atoms. The third-order valence-electron chi connectivity index (χ3n) is 5.15. The van der Waals surface area contributed by atoms with Crippen LogP contribution in [0.25, 0.3) is 0 Å². The highest BCUT2D eigenvalue weighted by Gasteiger charge is 2.23. The van der Waals surface area contributed by atoms with E-state index in [9.17, 15) is 18.0 Å². The number of carbonyl (C=O) groups excluding carboxylic acids is 2. The number of hydroxylamine groups is 1. The van der Waals surface area contributed by atoms with Crippen LogP contribution in [0.3, 0.4) is 0 Å². The first-order chi connectivity index (χ1) is 17.5. The molecule has 0 aliphatic heterocycles. The first-order valence-electron chi connectivity index (χ1n) is 10.7. The van der Waals surface area contributed by atoms with Gasteiger partial charge in [-0.25, -0.2) is 13.9 Å². The van der Waals surface area contributed by atoms with E-state index in [0.29, 0.717) is 12.1 Å². The number of amides is 2. The first kappa shape index (κ1) is 28.1. The van der Waals surface area contributed by atoms with Crippen LogP contribution in [0.5, 0.6) is 17.2 Å². The zero-order valence-corrected chi connectivity index (χ0v) is 22.2. The molecule has 0 heterocycles. The summed E-state index contributed by atoms with van der Waals surface area (Å²) in [6.07, 6.45) is 0. The van der Waals surface area contributed by atoms with Gasteiger partial charge in [-0.2, -0.15) is 0 Å². The lowest BCUT2D eigenvalue weighted by Crippen LogP contribution is -2.23. The van der Waals surface area contributed by atoms with Crippen LogP contribution in [0.4, 0.5) is 5.69 Å². The number of hydrogen-bond donors (Lipinski definition) is 4. The molecule has 0 aliphatic carbocycles. The fraction of sp³-hybridized carbons (Fsp3) is 0.167. The van der Waals surface area contributed by atoms with Crippen LogP contribution in [0.2, 0.25) is 10.0 Å². The number of halogens is 2. The Hall–Kier alpha value is -3.51. The van der Waals surface area contributed by atoms with E-state index in [0.717, 1.165) is 0 Å². The highest BCUT2D eigenvalue weighted by molar-refractivity contribution is 7.92. The summed E-state index contributed by atoms with van der Waals surface area (Å²) < 4.78 is 40.2. The SMILES string of the molecule is CCNC(=O)c1ccc(Oc2ccc(C(=O)NO)c(C)c2OC)c(NS(=O)(=O)c2ccc(Cl)cc2Cl)c1. The van der Waals surface area contributed by atoms with Gasteiger partial charge in [0.05, 0.1) is 17.8 Å². The van der Waals surface area contributed by atoms with Crippen molar-refractivity contribution >= 4 is 50.7 Å². The van der Waals surface area contributed by atoms with Crippen molar-refractivity contribution in [1.82, 2.24) is 10.8 Å². The van der Waals surface area contributed by atoms with E-state index in [1.165, 1.54) is 55.6 Å². The summed E-state index contributed by atoms with van der Waals surface area (Å²) in [5.41, 5.74) is 2.17. The van der Waals surface area contributed by atoms with Crippen LogP contribution in [-0.4, -0.2) is 39.1 Å². The van der Waals surface area contributed by atoms with E-state index in [1.807, 2.05) is 0 Å². The largest absolute Gasteiger partial charge is 0.493 e. The summed E-state index contributed by atoms with van der Waals surface area (Å²) >= 11 is 12.0. The van der Waals surface area contributed by atoms with Crippen molar-refractivity contribution < 1.29 is 32.7 Å². The van der Waals surface area contributed by atoms with Crippen LogP contribution in [0.15, 0.2) is 53.4 Å². The number of anilines is 1. The van der Waals surface area contributed by atoms with E-state index in [2.05, 4.69) is 10.0 Å². The predicted octanol–water partition coefficient (Wildman–Crippen LogP) is 4.77. The number of ether oxygens (including phenoxy) is 2. The molecule has 0 saturated carbocycles. The Kier molecular flexibility index (Phi) is 8.87. The topological polar surface area (TPSA) is 143 Å². The van der Waals surface area contributed by atoms with Gasteiger partial charge in [-0.3, -0.25) is 19.5 Å². The van der Waals surface area contributed by atoms with Crippen LogP contribution in [-0.2, 0) is 10.0 Å². The molecule has 4 N–H and O–H groups in total. The standard InChI is InChI=1S/C24H23Cl2N3O7S/c1-4-27-23(30)14-5-8-19(36-20-9-7-16(24(31)28-32)13(2)22(20)35-3)18(11-14)29-37(33,34)21-10-6-15(25)12-17(21)26/h5-12,29,32H,4H2,1-3H3,(H,27,30)(H,28,31). The summed E-state index contributed by atoms with van der Waals surface area (Å²) in [6, 6.07) is 10.9. The molecule has 0 radical (unpaired) electrons. The van der Waals surface area contributed by atoms with Gasteiger partial charge in [0.1, 0.15) is 4.90 Å². The summed E-state index contributed by atoms with van der Waals surface area (Å²) in [4.78, 5) is 24.1. The lowest BCUT2D eigenvalue weighted by Gasteiger charge is -2.18. The maximum Gasteiger partial charge on any atom is 0.275 e. The lowest BCUT2D eigenvalue weighted by atomic mass is 10.1. The number of benzene rings is 3. The van der Waals surface area contributed by atoms with Gasteiger partial charge in [-0.05, 0) is 62.4 Å². The fourth-order valence-electron chi connectivity index (χ4n) is 3.42. The second kappa shape index (κ2) is 11.7. The number of carbonyl (C=O) groups is 2. The van der Waals surface area contributed by atoms with E-state index in [4.69, 9.17) is 37.9 Å². The normalized spacial score (nSPS) is 11.0. The Morgan fingerprint density at radius 1 is 1.00 bits per heavy atom. The van der Waals surface area contributed by atoms with Gasteiger partial charge >= 0.3 is 0 Å². The van der Waals surface area contributed by atoms with Crippen molar-refractivity contribution in [1.29, 1.82) is 0 Å². The van der Waals surface area contributed by atoms with Crippen molar-refractivity contribution in [2.24, 2.45) is 0 Å². The molecule has 0 aromatic heterocycles. The Balaban J connectivity index is 2.10. The maximum absolute atomic E-state index is 13.2. The molecular weight excluding hydrogens is 545 g/mol. The van der Waals surface area contributed by atoms with Crippen LogP contribution >= 0.6 is 23.2 Å². The van der Waals surface area contributed by atoms with Crippen LogP contribution < -0.4 is 25.0 Å². The average molecular weight is 568 g/mol. The monoisotopic (exact) mass is 567 g/mol. The van der Waals surface area contributed by atoms with Gasteiger partial charge in [0.25, 0.3) is 21.8 Å². The third kappa shape index (κ3) is 6.25. The predicted molar refractivity (Wildman–Crippen MR) is 139 cm³/mol. The molecule has 0 fully saturated rings. The maximum atomic E-state index is 13.2. The number of hydrogen-bond acceptors (Lipinski definition) is 7. The molecule has 0 saturated heterocycles. The smallest absolute Gasteiger partial charge is 0.275 e. The molecular formula is C24H23Cl2N3O7S. The highest BCUT2D eigenvalue weighted by atomic mass is 35.5. The molecule has 0 bridgehead atoms. The number of sulfonamides is 1. The summed E-state index contributed by atoms with van der Waals surface area (Å²) in [5.74, 6) is -0.832. The van der Waals surface area contributed by atoms with E-state index >= 15 is 0 Å².